The van der Waals surface area contributed by atoms with Crippen LogP contribution in [0, 0.1) is 5.92 Å². The van der Waals surface area contributed by atoms with Gasteiger partial charge in [-0.05, 0) is 25.0 Å². The molecular weight excluding hydrogens is 276 g/mol. The van der Waals surface area contributed by atoms with Crippen molar-refractivity contribution >= 4 is 23.1 Å². The molecule has 1 fully saturated rings. The number of nitrogens with zero attached hydrogens (tertiary/aromatic N) is 1. The molecule has 1 aliphatic rings. The maximum Gasteiger partial charge on any atom is 0.257 e. The number of ether oxygens (including phenoxy) is 1. The molecule has 1 unspecified atom stereocenters. The van der Waals surface area contributed by atoms with Crippen LogP contribution in [0.2, 0.25) is 0 Å². The summed E-state index contributed by atoms with van der Waals surface area (Å²) in [7, 11) is 1.51. The van der Waals surface area contributed by atoms with Gasteiger partial charge in [-0.3, -0.25) is 4.79 Å². The minimum absolute atomic E-state index is 0.0584. The van der Waals surface area contributed by atoms with Gasteiger partial charge in [-0.1, -0.05) is 12.2 Å². The van der Waals surface area contributed by atoms with E-state index in [0.29, 0.717) is 23.8 Å². The van der Waals surface area contributed by atoms with Crippen LogP contribution in [0.3, 0.4) is 0 Å². The molecule has 1 aromatic rings. The average Bonchev–Trinajstić information content (AvgIpc) is 2.46. The Hall–Kier alpha value is -1.82. The Kier molecular flexibility index (Phi) is 4.44. The van der Waals surface area contributed by atoms with E-state index in [9.17, 15) is 9.90 Å². The second-order valence-corrected chi connectivity index (χ2v) is 5.35. The van der Waals surface area contributed by atoms with Gasteiger partial charge in [-0.2, -0.15) is 0 Å². The quantitative estimate of drug-likeness (QED) is 0.827. The monoisotopic (exact) mass is 294 g/mol. The van der Waals surface area contributed by atoms with Crippen molar-refractivity contribution in [2.24, 2.45) is 11.7 Å². The van der Waals surface area contributed by atoms with E-state index in [1.54, 1.807) is 17.0 Å². The van der Waals surface area contributed by atoms with E-state index in [2.05, 4.69) is 0 Å². The number of phenolic OH excluding ortho intramolecular Hbond substituents is 1. The lowest BCUT2D eigenvalue weighted by Crippen LogP contribution is -2.43. The summed E-state index contributed by atoms with van der Waals surface area (Å²) in [6.07, 6.45) is 1.78. The van der Waals surface area contributed by atoms with Crippen LogP contribution < -0.4 is 10.5 Å². The highest BCUT2D eigenvalue weighted by Crippen LogP contribution is 2.26. The molecule has 1 aromatic carbocycles. The van der Waals surface area contributed by atoms with Gasteiger partial charge >= 0.3 is 0 Å². The molecule has 1 aliphatic heterocycles. The number of likely N-dealkylation sites (tertiary alicyclic amines) is 1. The second-order valence-electron chi connectivity index (χ2n) is 4.88. The number of hydrogen-bond acceptors (Lipinski definition) is 4. The molecule has 0 spiro atoms. The number of piperidine rings is 1. The number of aromatic hydroxyl groups is 1. The molecular formula is C14H18N2O3S. The summed E-state index contributed by atoms with van der Waals surface area (Å²) in [5, 5.41) is 9.92. The number of phenols is 1. The van der Waals surface area contributed by atoms with Gasteiger partial charge in [-0.15, -0.1) is 0 Å². The number of thiocarbonyl (C=S) groups is 1. The summed E-state index contributed by atoms with van der Waals surface area (Å²) in [4.78, 5) is 14.6. The fraction of sp³-hybridized carbons (Fsp3) is 0.429. The predicted octanol–water partition coefficient (Wildman–Crippen LogP) is 1.54. The van der Waals surface area contributed by atoms with E-state index in [1.165, 1.54) is 13.2 Å². The highest BCUT2D eigenvalue weighted by Gasteiger charge is 2.27. The molecule has 0 radical (unpaired) electrons. The van der Waals surface area contributed by atoms with Crippen LogP contribution in [-0.4, -0.2) is 41.1 Å². The number of hydrogen-bond donors (Lipinski definition) is 2. The zero-order valence-corrected chi connectivity index (χ0v) is 12.2. The SMILES string of the molecule is COc1ccc(C(=O)N2CCCC(C(N)=S)C2)c(O)c1. The van der Waals surface area contributed by atoms with Gasteiger partial charge in [0.15, 0.2) is 0 Å². The van der Waals surface area contributed by atoms with Gasteiger partial charge in [0, 0.05) is 25.1 Å². The van der Waals surface area contributed by atoms with Crippen LogP contribution in [-0.2, 0) is 0 Å². The summed E-state index contributed by atoms with van der Waals surface area (Å²) in [6.45, 7) is 1.17. The molecule has 0 bridgehead atoms. The smallest absolute Gasteiger partial charge is 0.257 e. The Morgan fingerprint density at radius 3 is 2.90 bits per heavy atom. The summed E-state index contributed by atoms with van der Waals surface area (Å²) >= 11 is 5.00. The van der Waals surface area contributed by atoms with Crippen molar-refractivity contribution in [3.05, 3.63) is 23.8 Å². The third kappa shape index (κ3) is 3.01. The van der Waals surface area contributed by atoms with Gasteiger partial charge in [0.25, 0.3) is 5.91 Å². The van der Waals surface area contributed by atoms with Crippen molar-refractivity contribution < 1.29 is 14.6 Å². The summed E-state index contributed by atoms with van der Waals surface area (Å²) in [6, 6.07) is 4.66. The number of carbonyl (C=O) groups excluding carboxylic acids is 1. The molecule has 0 saturated carbocycles. The molecule has 20 heavy (non-hydrogen) atoms. The average molecular weight is 294 g/mol. The normalized spacial score (nSPS) is 18.6. The molecule has 1 heterocycles. The summed E-state index contributed by atoms with van der Waals surface area (Å²) < 4.78 is 5.01. The highest BCUT2D eigenvalue weighted by atomic mass is 32.1. The molecule has 2 rings (SSSR count). The van der Waals surface area contributed by atoms with E-state index in [-0.39, 0.29) is 23.1 Å². The van der Waals surface area contributed by atoms with E-state index in [4.69, 9.17) is 22.7 Å². The Morgan fingerprint density at radius 2 is 2.30 bits per heavy atom. The minimum atomic E-state index is -0.203. The lowest BCUT2D eigenvalue weighted by atomic mass is 9.97. The standard InChI is InChI=1S/C14H18N2O3S/c1-19-10-4-5-11(12(17)7-10)14(18)16-6-2-3-9(8-16)13(15)20/h4-5,7,9,17H,2-3,6,8H2,1H3,(H2,15,20). The van der Waals surface area contributed by atoms with E-state index in [0.717, 1.165) is 12.8 Å². The molecule has 1 saturated heterocycles. The highest BCUT2D eigenvalue weighted by molar-refractivity contribution is 7.80. The Labute approximate surface area is 123 Å². The Morgan fingerprint density at radius 1 is 1.55 bits per heavy atom. The first-order valence-corrected chi connectivity index (χ1v) is 6.89. The first-order chi connectivity index (χ1) is 9.52. The van der Waals surface area contributed by atoms with E-state index >= 15 is 0 Å². The molecule has 0 aromatic heterocycles. The van der Waals surface area contributed by atoms with Crippen LogP contribution in [0.1, 0.15) is 23.2 Å². The summed E-state index contributed by atoms with van der Waals surface area (Å²) in [5.74, 6) is 0.291. The van der Waals surface area contributed by atoms with Crippen molar-refractivity contribution in [3.63, 3.8) is 0 Å². The zero-order valence-electron chi connectivity index (χ0n) is 11.3. The molecule has 5 nitrogen and oxygen atoms in total. The third-order valence-electron chi connectivity index (χ3n) is 3.55. The van der Waals surface area contributed by atoms with E-state index < -0.39 is 0 Å². The Balaban J connectivity index is 2.16. The van der Waals surface area contributed by atoms with Crippen LogP contribution in [0.15, 0.2) is 18.2 Å². The summed E-state index contributed by atoms with van der Waals surface area (Å²) in [5.41, 5.74) is 5.94. The molecule has 0 aliphatic carbocycles. The van der Waals surface area contributed by atoms with Crippen LogP contribution in [0.5, 0.6) is 11.5 Å². The van der Waals surface area contributed by atoms with Gasteiger partial charge < -0.3 is 20.5 Å². The van der Waals surface area contributed by atoms with Gasteiger partial charge in [-0.25, -0.2) is 0 Å². The Bertz CT molecular complexity index is 533. The zero-order chi connectivity index (χ0) is 14.7. The fourth-order valence-corrected chi connectivity index (χ4v) is 2.58. The maximum absolute atomic E-state index is 12.4. The second kappa shape index (κ2) is 6.09. The molecule has 6 heteroatoms. The molecule has 3 N–H and O–H groups in total. The molecule has 1 amide bonds. The third-order valence-corrected chi connectivity index (χ3v) is 3.88. The number of methoxy groups -OCH3 is 1. The maximum atomic E-state index is 12.4. The van der Waals surface area contributed by atoms with Gasteiger partial charge in [0.05, 0.1) is 17.7 Å². The number of benzene rings is 1. The predicted molar refractivity (Wildman–Crippen MR) is 80.1 cm³/mol. The van der Waals surface area contributed by atoms with Crippen molar-refractivity contribution in [2.75, 3.05) is 20.2 Å². The number of rotatable bonds is 3. The lowest BCUT2D eigenvalue weighted by Gasteiger charge is -2.32. The lowest BCUT2D eigenvalue weighted by molar-refractivity contribution is 0.0700. The number of carbonyl (C=O) groups is 1. The van der Waals surface area contributed by atoms with Crippen molar-refractivity contribution in [3.8, 4) is 11.5 Å². The minimum Gasteiger partial charge on any atom is -0.507 e. The topological polar surface area (TPSA) is 75.8 Å². The number of nitrogens with two attached hydrogens (primary N) is 1. The first-order valence-electron chi connectivity index (χ1n) is 6.48. The van der Waals surface area contributed by atoms with E-state index in [1.807, 2.05) is 0 Å². The van der Waals surface area contributed by atoms with Crippen molar-refractivity contribution in [2.45, 2.75) is 12.8 Å². The van der Waals surface area contributed by atoms with Crippen molar-refractivity contribution in [1.29, 1.82) is 0 Å². The van der Waals surface area contributed by atoms with Crippen LogP contribution in [0.4, 0.5) is 0 Å². The molecule has 1 atom stereocenters. The van der Waals surface area contributed by atoms with Crippen molar-refractivity contribution in [1.82, 2.24) is 4.90 Å². The largest absolute Gasteiger partial charge is 0.507 e. The number of amides is 1. The van der Waals surface area contributed by atoms with Crippen LogP contribution >= 0.6 is 12.2 Å². The first kappa shape index (κ1) is 14.6. The molecule has 108 valence electrons. The van der Waals surface area contributed by atoms with Gasteiger partial charge in [0.2, 0.25) is 0 Å². The van der Waals surface area contributed by atoms with Crippen LogP contribution in [0.25, 0.3) is 0 Å². The fourth-order valence-electron chi connectivity index (χ4n) is 2.38. The van der Waals surface area contributed by atoms with Gasteiger partial charge in [0.1, 0.15) is 11.5 Å².